The molecule has 152 valence electrons. The second kappa shape index (κ2) is 7.55. The summed E-state index contributed by atoms with van der Waals surface area (Å²) in [4.78, 5) is 0. The second-order valence-electron chi connectivity index (χ2n) is 8.37. The lowest BCUT2D eigenvalue weighted by atomic mass is 10.0. The predicted octanol–water partition coefficient (Wildman–Crippen LogP) is 8.43. The predicted molar refractivity (Wildman–Crippen MR) is 136 cm³/mol. The molecule has 1 nitrogen and oxygen atoms in total. The molecule has 0 saturated carbocycles. The van der Waals surface area contributed by atoms with Crippen LogP contribution in [0.25, 0.3) is 49.7 Å². The van der Waals surface area contributed by atoms with Crippen molar-refractivity contribution in [3.05, 3.63) is 127 Å². The summed E-state index contributed by atoms with van der Waals surface area (Å²) in [6.45, 7) is 2.16. The Balaban J connectivity index is 1.58. The van der Waals surface area contributed by atoms with Gasteiger partial charge in [-0.1, -0.05) is 96.6 Å². The van der Waals surface area contributed by atoms with Crippen molar-refractivity contribution >= 4 is 21.8 Å². The highest BCUT2D eigenvalue weighted by Crippen LogP contribution is 2.35. The molecule has 1 heterocycles. The lowest BCUT2D eigenvalue weighted by Gasteiger charge is -2.10. The van der Waals surface area contributed by atoms with Gasteiger partial charge in [-0.05, 0) is 59.5 Å². The Hall–Kier alpha value is -4.10. The van der Waals surface area contributed by atoms with E-state index in [1.807, 2.05) is 0 Å². The monoisotopic (exact) mass is 409 g/mol. The molecule has 0 amide bonds. The van der Waals surface area contributed by atoms with E-state index in [4.69, 9.17) is 0 Å². The zero-order valence-electron chi connectivity index (χ0n) is 18.0. The molecule has 0 fully saturated rings. The fourth-order valence-corrected chi connectivity index (χ4v) is 4.66. The zero-order valence-corrected chi connectivity index (χ0v) is 18.0. The van der Waals surface area contributed by atoms with E-state index < -0.39 is 0 Å². The number of nitrogens with zero attached hydrogens (tertiary/aromatic N) is 1. The molecule has 0 bridgehead atoms. The van der Waals surface area contributed by atoms with Gasteiger partial charge in [0.1, 0.15) is 0 Å². The molecule has 0 aliphatic carbocycles. The normalized spacial score (nSPS) is 11.3. The highest BCUT2D eigenvalue weighted by Gasteiger charge is 2.14. The summed E-state index contributed by atoms with van der Waals surface area (Å²) in [5.74, 6) is 0. The van der Waals surface area contributed by atoms with Crippen molar-refractivity contribution in [2.45, 2.75) is 6.92 Å². The third-order valence-corrected chi connectivity index (χ3v) is 6.26. The standard InChI is InChI=1S/C31H23N/c1-22-12-19-30-29(20-22)28-18-15-26(24-10-6-3-7-11-24)21-31(28)32(30)27-16-13-25(14-17-27)23-8-4-2-5-9-23/h2-21H,1H3. The van der Waals surface area contributed by atoms with Gasteiger partial charge in [0.15, 0.2) is 0 Å². The first kappa shape index (κ1) is 18.7. The van der Waals surface area contributed by atoms with Crippen molar-refractivity contribution < 1.29 is 0 Å². The van der Waals surface area contributed by atoms with E-state index in [1.165, 1.54) is 55.3 Å². The molecule has 0 spiro atoms. The van der Waals surface area contributed by atoms with Crippen LogP contribution in [0.4, 0.5) is 0 Å². The van der Waals surface area contributed by atoms with E-state index in [1.54, 1.807) is 0 Å². The smallest absolute Gasteiger partial charge is 0.0547 e. The SMILES string of the molecule is Cc1ccc2c(c1)c1ccc(-c3ccccc3)cc1n2-c1ccc(-c2ccccc2)cc1. The molecule has 0 radical (unpaired) electrons. The van der Waals surface area contributed by atoms with Crippen molar-refractivity contribution in [3.63, 3.8) is 0 Å². The quantitative estimate of drug-likeness (QED) is 0.276. The maximum Gasteiger partial charge on any atom is 0.0547 e. The van der Waals surface area contributed by atoms with Gasteiger partial charge in [-0.15, -0.1) is 0 Å². The Kier molecular flexibility index (Phi) is 4.40. The summed E-state index contributed by atoms with van der Waals surface area (Å²) in [6, 6.07) is 43.6. The number of benzene rings is 5. The molecule has 0 unspecified atom stereocenters. The van der Waals surface area contributed by atoms with Crippen molar-refractivity contribution in [1.82, 2.24) is 4.57 Å². The molecular weight excluding hydrogens is 386 g/mol. The maximum atomic E-state index is 2.39. The van der Waals surface area contributed by atoms with Crippen LogP contribution in [0.5, 0.6) is 0 Å². The highest BCUT2D eigenvalue weighted by atomic mass is 15.0. The Labute approximate surface area is 188 Å². The third-order valence-electron chi connectivity index (χ3n) is 6.26. The third kappa shape index (κ3) is 3.11. The van der Waals surface area contributed by atoms with Gasteiger partial charge in [0, 0.05) is 16.5 Å². The molecule has 6 rings (SSSR count). The van der Waals surface area contributed by atoms with Crippen LogP contribution in [0.2, 0.25) is 0 Å². The van der Waals surface area contributed by atoms with E-state index in [9.17, 15) is 0 Å². The van der Waals surface area contributed by atoms with Gasteiger partial charge in [-0.3, -0.25) is 0 Å². The summed E-state index contributed by atoms with van der Waals surface area (Å²) in [5.41, 5.74) is 9.88. The minimum absolute atomic E-state index is 1.18. The van der Waals surface area contributed by atoms with Crippen LogP contribution in [0.3, 0.4) is 0 Å². The summed E-state index contributed by atoms with van der Waals surface area (Å²) in [5, 5.41) is 2.59. The molecule has 0 aliphatic rings. The van der Waals surface area contributed by atoms with Gasteiger partial charge in [0.05, 0.1) is 11.0 Å². The van der Waals surface area contributed by atoms with Gasteiger partial charge in [-0.25, -0.2) is 0 Å². The molecule has 0 atom stereocenters. The van der Waals surface area contributed by atoms with E-state index in [-0.39, 0.29) is 0 Å². The number of rotatable bonds is 3. The lowest BCUT2D eigenvalue weighted by Crippen LogP contribution is -1.94. The van der Waals surface area contributed by atoms with Gasteiger partial charge < -0.3 is 4.57 Å². The average Bonchev–Trinajstić information content (AvgIpc) is 3.18. The first-order valence-corrected chi connectivity index (χ1v) is 11.0. The molecule has 5 aromatic carbocycles. The summed E-state index contributed by atoms with van der Waals surface area (Å²) < 4.78 is 2.39. The maximum absolute atomic E-state index is 2.39. The second-order valence-corrected chi connectivity index (χ2v) is 8.37. The zero-order chi connectivity index (χ0) is 21.5. The number of fused-ring (bicyclic) bond motifs is 3. The van der Waals surface area contributed by atoms with Crippen LogP contribution < -0.4 is 0 Å². The fourth-order valence-electron chi connectivity index (χ4n) is 4.66. The molecule has 32 heavy (non-hydrogen) atoms. The van der Waals surface area contributed by atoms with Gasteiger partial charge in [-0.2, -0.15) is 0 Å². The van der Waals surface area contributed by atoms with E-state index in [0.29, 0.717) is 0 Å². The van der Waals surface area contributed by atoms with Crippen LogP contribution in [0.1, 0.15) is 5.56 Å². The van der Waals surface area contributed by atoms with Crippen LogP contribution >= 0.6 is 0 Å². The molecule has 0 aliphatic heterocycles. The van der Waals surface area contributed by atoms with Gasteiger partial charge in [0.25, 0.3) is 0 Å². The van der Waals surface area contributed by atoms with Gasteiger partial charge in [0.2, 0.25) is 0 Å². The average molecular weight is 410 g/mol. The molecule has 0 N–H and O–H groups in total. The molecule has 1 aromatic heterocycles. The minimum Gasteiger partial charge on any atom is -0.309 e. The number of hydrogen-bond donors (Lipinski definition) is 0. The van der Waals surface area contributed by atoms with Crippen molar-refractivity contribution in [2.24, 2.45) is 0 Å². The molecule has 1 heteroatoms. The van der Waals surface area contributed by atoms with Crippen LogP contribution in [0.15, 0.2) is 121 Å². The fraction of sp³-hybridized carbons (Fsp3) is 0.0323. The summed E-state index contributed by atoms with van der Waals surface area (Å²) in [6.07, 6.45) is 0. The van der Waals surface area contributed by atoms with Crippen LogP contribution in [-0.4, -0.2) is 4.57 Å². The Morgan fingerprint density at radius 2 is 1.03 bits per heavy atom. The van der Waals surface area contributed by atoms with E-state index >= 15 is 0 Å². The first-order chi connectivity index (χ1) is 15.8. The first-order valence-electron chi connectivity index (χ1n) is 11.0. The lowest BCUT2D eigenvalue weighted by molar-refractivity contribution is 1.18. The molecular formula is C31H23N. The van der Waals surface area contributed by atoms with Gasteiger partial charge >= 0.3 is 0 Å². The van der Waals surface area contributed by atoms with Crippen molar-refractivity contribution in [3.8, 4) is 27.9 Å². The minimum atomic E-state index is 1.18. The number of hydrogen-bond acceptors (Lipinski definition) is 0. The highest BCUT2D eigenvalue weighted by molar-refractivity contribution is 6.10. The van der Waals surface area contributed by atoms with E-state index in [0.717, 1.165) is 0 Å². The Bertz CT molecular complexity index is 1540. The topological polar surface area (TPSA) is 4.93 Å². The number of aromatic nitrogens is 1. The van der Waals surface area contributed by atoms with Crippen molar-refractivity contribution in [1.29, 1.82) is 0 Å². The molecule has 0 saturated heterocycles. The van der Waals surface area contributed by atoms with Crippen molar-refractivity contribution in [2.75, 3.05) is 0 Å². The Morgan fingerprint density at radius 1 is 0.438 bits per heavy atom. The van der Waals surface area contributed by atoms with Crippen LogP contribution in [-0.2, 0) is 0 Å². The van der Waals surface area contributed by atoms with E-state index in [2.05, 4.69) is 133 Å². The Morgan fingerprint density at radius 3 is 1.72 bits per heavy atom. The largest absolute Gasteiger partial charge is 0.309 e. The summed E-state index contributed by atoms with van der Waals surface area (Å²) >= 11 is 0. The number of aryl methyl sites for hydroxylation is 1. The summed E-state index contributed by atoms with van der Waals surface area (Å²) in [7, 11) is 0. The van der Waals surface area contributed by atoms with Crippen LogP contribution in [0, 0.1) is 6.92 Å². The molecule has 6 aromatic rings.